The molecule has 1 aromatic rings. The maximum absolute atomic E-state index is 12.9. The number of piperidine rings is 1. The number of hydrogen-bond donors (Lipinski definition) is 1. The summed E-state index contributed by atoms with van der Waals surface area (Å²) in [6.07, 6.45) is 3.00. The highest BCUT2D eigenvalue weighted by Gasteiger charge is 2.53. The molecule has 1 spiro atoms. The summed E-state index contributed by atoms with van der Waals surface area (Å²) in [6, 6.07) is 1.60. The van der Waals surface area contributed by atoms with Crippen LogP contribution in [0.5, 0.6) is 0 Å². The van der Waals surface area contributed by atoms with Crippen LogP contribution in [0.15, 0.2) is 10.6 Å². The Kier molecular flexibility index (Phi) is 3.90. The molecule has 3 heterocycles. The second kappa shape index (κ2) is 5.72. The highest BCUT2D eigenvalue weighted by molar-refractivity contribution is 5.98. The fourth-order valence-corrected chi connectivity index (χ4v) is 3.66. The van der Waals surface area contributed by atoms with Crippen molar-refractivity contribution in [1.29, 1.82) is 0 Å². The van der Waals surface area contributed by atoms with Crippen molar-refractivity contribution in [2.75, 3.05) is 26.2 Å². The fraction of sp³-hybridized carbons (Fsp3) is 0.667. The number of hydrogen-bond acceptors (Lipinski definition) is 5. The van der Waals surface area contributed by atoms with Crippen LogP contribution in [0.3, 0.4) is 0 Å². The van der Waals surface area contributed by atoms with Crippen molar-refractivity contribution in [3.05, 3.63) is 17.5 Å². The smallest absolute Gasteiger partial charge is 0.276 e. The van der Waals surface area contributed by atoms with Gasteiger partial charge in [-0.25, -0.2) is 0 Å². The fourth-order valence-electron chi connectivity index (χ4n) is 3.66. The lowest BCUT2D eigenvalue weighted by molar-refractivity contribution is -0.146. The van der Waals surface area contributed by atoms with E-state index < -0.39 is 5.54 Å². The minimum absolute atomic E-state index is 0.0427. The Morgan fingerprint density at radius 1 is 1.41 bits per heavy atom. The molecule has 0 saturated carbocycles. The molecule has 120 valence electrons. The van der Waals surface area contributed by atoms with Gasteiger partial charge in [-0.05, 0) is 32.6 Å². The summed E-state index contributed by atoms with van der Waals surface area (Å²) < 4.78 is 4.98. The molecule has 2 aliphatic heterocycles. The van der Waals surface area contributed by atoms with E-state index in [2.05, 4.69) is 5.16 Å². The highest BCUT2D eigenvalue weighted by Crippen LogP contribution is 2.39. The average Bonchev–Trinajstić information content (AvgIpc) is 3.11. The number of aryl methyl sites for hydroxylation is 1. The molecule has 0 aliphatic carbocycles. The Morgan fingerprint density at radius 2 is 2.14 bits per heavy atom. The quantitative estimate of drug-likeness (QED) is 0.882. The second-order valence-electron chi connectivity index (χ2n) is 6.03. The third kappa shape index (κ3) is 2.29. The van der Waals surface area contributed by atoms with Gasteiger partial charge in [0, 0.05) is 25.7 Å². The topological polar surface area (TPSA) is 86.9 Å². The van der Waals surface area contributed by atoms with Gasteiger partial charge in [0.05, 0.1) is 6.61 Å². The van der Waals surface area contributed by atoms with Crippen LogP contribution < -0.4 is 0 Å². The Balaban J connectivity index is 1.88. The lowest BCUT2D eigenvalue weighted by Gasteiger charge is -2.44. The largest absolute Gasteiger partial charge is 0.395 e. The van der Waals surface area contributed by atoms with E-state index >= 15 is 0 Å². The molecule has 1 atom stereocenters. The second-order valence-corrected chi connectivity index (χ2v) is 6.03. The van der Waals surface area contributed by atoms with Crippen LogP contribution in [0.25, 0.3) is 0 Å². The molecule has 7 heteroatoms. The highest BCUT2D eigenvalue weighted by atomic mass is 16.5. The van der Waals surface area contributed by atoms with Gasteiger partial charge in [-0.3, -0.25) is 9.59 Å². The SMILES string of the molecule is Cc1cc(C(=O)N2CCCC23CCCN(CCO)C3=O)no1. The summed E-state index contributed by atoms with van der Waals surface area (Å²) in [7, 11) is 0. The number of aliphatic hydroxyl groups excluding tert-OH is 1. The number of aliphatic hydroxyl groups is 1. The molecule has 3 rings (SSSR count). The summed E-state index contributed by atoms with van der Waals surface area (Å²) in [6.45, 7) is 3.21. The maximum atomic E-state index is 12.9. The molecule has 0 aromatic carbocycles. The number of nitrogens with zero attached hydrogens (tertiary/aromatic N) is 3. The van der Waals surface area contributed by atoms with Gasteiger partial charge in [0.25, 0.3) is 5.91 Å². The monoisotopic (exact) mass is 307 g/mol. The molecule has 1 unspecified atom stereocenters. The van der Waals surface area contributed by atoms with Crippen LogP contribution in [0, 0.1) is 6.92 Å². The summed E-state index contributed by atoms with van der Waals surface area (Å²) in [5, 5.41) is 12.9. The van der Waals surface area contributed by atoms with Crippen LogP contribution >= 0.6 is 0 Å². The Hall–Kier alpha value is -1.89. The molecule has 1 aromatic heterocycles. The Morgan fingerprint density at radius 3 is 2.77 bits per heavy atom. The first-order chi connectivity index (χ1) is 10.6. The number of carbonyl (C=O) groups is 2. The predicted octanol–water partition coefficient (Wildman–Crippen LogP) is 0.573. The summed E-state index contributed by atoms with van der Waals surface area (Å²) in [5.41, 5.74) is -0.511. The van der Waals surface area contributed by atoms with Crippen molar-refractivity contribution in [3.63, 3.8) is 0 Å². The van der Waals surface area contributed by atoms with Gasteiger partial charge in [0.2, 0.25) is 5.91 Å². The van der Waals surface area contributed by atoms with Crippen molar-refractivity contribution < 1.29 is 19.2 Å². The van der Waals surface area contributed by atoms with Crippen molar-refractivity contribution in [2.24, 2.45) is 0 Å². The van der Waals surface area contributed by atoms with Gasteiger partial charge in [-0.15, -0.1) is 0 Å². The van der Waals surface area contributed by atoms with Crippen molar-refractivity contribution in [1.82, 2.24) is 15.0 Å². The zero-order chi connectivity index (χ0) is 15.7. The van der Waals surface area contributed by atoms with E-state index in [0.29, 0.717) is 38.2 Å². The van der Waals surface area contributed by atoms with Crippen LogP contribution in [-0.4, -0.2) is 63.7 Å². The van der Waals surface area contributed by atoms with E-state index in [1.54, 1.807) is 22.8 Å². The van der Waals surface area contributed by atoms with Crippen LogP contribution in [-0.2, 0) is 4.79 Å². The molecule has 7 nitrogen and oxygen atoms in total. The normalized spacial score (nSPS) is 25.3. The number of β-amino-alcohol motifs (C(OH)–C–C–N with tert-alkyl or cyclic N) is 1. The minimum atomic E-state index is -0.767. The van der Waals surface area contributed by atoms with Crippen molar-refractivity contribution in [2.45, 2.75) is 38.1 Å². The van der Waals surface area contributed by atoms with Gasteiger partial charge in [0.15, 0.2) is 5.69 Å². The first kappa shape index (κ1) is 15.0. The molecule has 0 bridgehead atoms. The lowest BCUT2D eigenvalue weighted by Crippen LogP contribution is -2.61. The summed E-state index contributed by atoms with van der Waals surface area (Å²) in [4.78, 5) is 28.9. The van der Waals surface area contributed by atoms with E-state index in [4.69, 9.17) is 9.63 Å². The number of likely N-dealkylation sites (tertiary alicyclic amines) is 2. The predicted molar refractivity (Wildman–Crippen MR) is 77.1 cm³/mol. The summed E-state index contributed by atoms with van der Waals surface area (Å²) in [5.74, 6) is 0.292. The standard InChI is InChI=1S/C15H21N3O4/c1-11-10-12(16-22-11)13(20)18-7-3-5-15(18)4-2-6-17(8-9-19)14(15)21/h10,19H,2-9H2,1H3. The van der Waals surface area contributed by atoms with Gasteiger partial charge in [0.1, 0.15) is 11.3 Å². The average molecular weight is 307 g/mol. The number of amides is 2. The molecule has 2 aliphatic rings. The summed E-state index contributed by atoms with van der Waals surface area (Å²) >= 11 is 0. The van der Waals surface area contributed by atoms with Crippen molar-refractivity contribution in [3.8, 4) is 0 Å². The van der Waals surface area contributed by atoms with Gasteiger partial charge >= 0.3 is 0 Å². The number of carbonyl (C=O) groups excluding carboxylic acids is 2. The van der Waals surface area contributed by atoms with E-state index in [0.717, 1.165) is 12.8 Å². The first-order valence-corrected chi connectivity index (χ1v) is 7.74. The molecular weight excluding hydrogens is 286 g/mol. The molecule has 2 fully saturated rings. The van der Waals surface area contributed by atoms with Crippen molar-refractivity contribution >= 4 is 11.8 Å². The van der Waals surface area contributed by atoms with E-state index in [9.17, 15) is 9.59 Å². The molecule has 2 saturated heterocycles. The van der Waals surface area contributed by atoms with Gasteiger partial charge < -0.3 is 19.4 Å². The van der Waals surface area contributed by atoms with Crippen LogP contribution in [0.1, 0.15) is 41.9 Å². The van der Waals surface area contributed by atoms with E-state index in [1.165, 1.54) is 0 Å². The molecular formula is C15H21N3O4. The Labute approximate surface area is 128 Å². The van der Waals surface area contributed by atoms with Crippen LogP contribution in [0.4, 0.5) is 0 Å². The van der Waals surface area contributed by atoms with Crippen LogP contribution in [0.2, 0.25) is 0 Å². The zero-order valence-corrected chi connectivity index (χ0v) is 12.7. The first-order valence-electron chi connectivity index (χ1n) is 7.74. The van der Waals surface area contributed by atoms with Gasteiger partial charge in [-0.2, -0.15) is 0 Å². The molecule has 0 radical (unpaired) electrons. The Bertz CT molecular complexity index is 583. The minimum Gasteiger partial charge on any atom is -0.395 e. The maximum Gasteiger partial charge on any atom is 0.276 e. The lowest BCUT2D eigenvalue weighted by atomic mass is 9.85. The number of rotatable bonds is 3. The van der Waals surface area contributed by atoms with E-state index in [-0.39, 0.29) is 24.1 Å². The third-order valence-corrected chi connectivity index (χ3v) is 4.65. The third-order valence-electron chi connectivity index (χ3n) is 4.65. The molecule has 2 amide bonds. The molecule has 22 heavy (non-hydrogen) atoms. The van der Waals surface area contributed by atoms with Gasteiger partial charge in [-0.1, -0.05) is 5.16 Å². The number of aromatic nitrogens is 1. The molecule has 1 N–H and O–H groups in total. The van der Waals surface area contributed by atoms with E-state index in [1.807, 2.05) is 0 Å². The zero-order valence-electron chi connectivity index (χ0n) is 12.7.